The largest absolute Gasteiger partial charge is 0.341 e. The van der Waals surface area contributed by atoms with Crippen molar-refractivity contribution in [2.24, 2.45) is 5.92 Å². The number of nitrogens with zero attached hydrogens (tertiary/aromatic N) is 2. The molecule has 0 atom stereocenters. The van der Waals surface area contributed by atoms with Crippen molar-refractivity contribution < 1.29 is 13.2 Å². The molecule has 1 saturated heterocycles. The molecule has 1 aliphatic heterocycles. The number of hydrogen-bond donors (Lipinski definition) is 0. The normalized spacial score (nSPS) is 16.0. The molecule has 5 nitrogen and oxygen atoms in total. The van der Waals surface area contributed by atoms with Crippen LogP contribution in [0.15, 0.2) is 48.5 Å². The van der Waals surface area contributed by atoms with Crippen LogP contribution in [0.3, 0.4) is 0 Å². The Balaban J connectivity index is 1.54. The summed E-state index contributed by atoms with van der Waals surface area (Å²) in [5.41, 5.74) is 2.91. The number of rotatable bonds is 6. The maximum Gasteiger partial charge on any atom is 0.225 e. The van der Waals surface area contributed by atoms with Crippen molar-refractivity contribution in [3.63, 3.8) is 0 Å². The molecule has 2 aromatic carbocycles. The lowest BCUT2D eigenvalue weighted by Gasteiger charge is -2.32. The summed E-state index contributed by atoms with van der Waals surface area (Å²) in [4.78, 5) is 14.5. The quantitative estimate of drug-likeness (QED) is 0.693. The highest BCUT2D eigenvalue weighted by Crippen LogP contribution is 2.24. The second-order valence-corrected chi connectivity index (χ2v) is 10.1. The van der Waals surface area contributed by atoms with Gasteiger partial charge in [0.25, 0.3) is 0 Å². The Morgan fingerprint density at radius 1 is 1.03 bits per heavy atom. The minimum absolute atomic E-state index is 0.00234. The molecule has 0 saturated carbocycles. The van der Waals surface area contributed by atoms with Gasteiger partial charge in [0.1, 0.15) is 0 Å². The van der Waals surface area contributed by atoms with E-state index in [1.54, 1.807) is 11.9 Å². The molecule has 0 radical (unpaired) electrons. The van der Waals surface area contributed by atoms with Crippen molar-refractivity contribution in [2.75, 3.05) is 20.1 Å². The van der Waals surface area contributed by atoms with Gasteiger partial charge in [-0.2, -0.15) is 0 Å². The minimum Gasteiger partial charge on any atom is -0.341 e. The van der Waals surface area contributed by atoms with Gasteiger partial charge in [-0.1, -0.05) is 53.6 Å². The van der Waals surface area contributed by atoms with Crippen LogP contribution in [0.25, 0.3) is 0 Å². The number of carbonyl (C=O) groups is 1. The Hall–Kier alpha value is -1.89. The number of hydrogen-bond acceptors (Lipinski definition) is 3. The van der Waals surface area contributed by atoms with E-state index in [2.05, 4.69) is 0 Å². The molecule has 0 aromatic heterocycles. The van der Waals surface area contributed by atoms with Crippen LogP contribution < -0.4 is 0 Å². The molecule has 0 N–H and O–H groups in total. The lowest BCUT2D eigenvalue weighted by molar-refractivity contribution is -0.135. The number of sulfonamides is 1. The van der Waals surface area contributed by atoms with Crippen LogP contribution in [-0.2, 0) is 27.1 Å². The molecule has 1 heterocycles. The topological polar surface area (TPSA) is 57.7 Å². The molecule has 1 amide bonds. The first-order valence-corrected chi connectivity index (χ1v) is 11.8. The number of halogens is 1. The average molecular weight is 435 g/mol. The minimum atomic E-state index is -3.38. The van der Waals surface area contributed by atoms with Gasteiger partial charge in [-0.25, -0.2) is 12.7 Å². The van der Waals surface area contributed by atoms with E-state index in [0.717, 1.165) is 16.7 Å². The fraction of sp³-hybridized carbons (Fsp3) is 0.409. The van der Waals surface area contributed by atoms with Gasteiger partial charge in [0.15, 0.2) is 0 Å². The zero-order valence-corrected chi connectivity index (χ0v) is 18.4. The van der Waals surface area contributed by atoms with Crippen LogP contribution in [0.4, 0.5) is 0 Å². The Morgan fingerprint density at radius 2 is 1.59 bits per heavy atom. The van der Waals surface area contributed by atoms with Crippen molar-refractivity contribution in [2.45, 2.75) is 32.1 Å². The molecule has 1 fully saturated rings. The molecule has 1 aliphatic rings. The molecule has 0 aliphatic carbocycles. The zero-order chi connectivity index (χ0) is 21.0. The lowest BCUT2D eigenvalue weighted by Crippen LogP contribution is -2.43. The third-order valence-corrected chi connectivity index (χ3v) is 7.48. The first-order chi connectivity index (χ1) is 13.7. The molecule has 156 valence electrons. The predicted molar refractivity (Wildman–Crippen MR) is 116 cm³/mol. The number of amides is 1. The van der Waals surface area contributed by atoms with E-state index in [1.165, 1.54) is 4.31 Å². The van der Waals surface area contributed by atoms with E-state index in [9.17, 15) is 13.2 Å². The van der Waals surface area contributed by atoms with E-state index in [-0.39, 0.29) is 17.6 Å². The first-order valence-electron chi connectivity index (χ1n) is 9.77. The van der Waals surface area contributed by atoms with E-state index < -0.39 is 10.0 Å². The van der Waals surface area contributed by atoms with Crippen LogP contribution in [0.1, 0.15) is 29.5 Å². The van der Waals surface area contributed by atoms with Gasteiger partial charge in [-0.3, -0.25) is 4.79 Å². The highest BCUT2D eigenvalue weighted by Gasteiger charge is 2.32. The Kier molecular flexibility index (Phi) is 6.98. The van der Waals surface area contributed by atoms with Crippen molar-refractivity contribution in [3.8, 4) is 0 Å². The summed E-state index contributed by atoms with van der Waals surface area (Å²) in [6.45, 7) is 3.27. The maximum absolute atomic E-state index is 12.8. The molecule has 0 spiro atoms. The smallest absolute Gasteiger partial charge is 0.225 e. The van der Waals surface area contributed by atoms with Crippen molar-refractivity contribution in [3.05, 3.63) is 70.2 Å². The summed E-state index contributed by atoms with van der Waals surface area (Å²) in [7, 11) is -1.59. The second kappa shape index (κ2) is 9.28. The van der Waals surface area contributed by atoms with Crippen molar-refractivity contribution in [1.29, 1.82) is 0 Å². The molecule has 29 heavy (non-hydrogen) atoms. The van der Waals surface area contributed by atoms with Gasteiger partial charge in [0, 0.05) is 37.6 Å². The van der Waals surface area contributed by atoms with Crippen LogP contribution in [0.5, 0.6) is 0 Å². The fourth-order valence-electron chi connectivity index (χ4n) is 3.62. The van der Waals surface area contributed by atoms with Crippen LogP contribution >= 0.6 is 11.6 Å². The van der Waals surface area contributed by atoms with E-state index in [0.29, 0.717) is 37.5 Å². The van der Waals surface area contributed by atoms with E-state index >= 15 is 0 Å². The van der Waals surface area contributed by atoms with Crippen LogP contribution in [0.2, 0.25) is 5.02 Å². The molecule has 7 heteroatoms. The van der Waals surface area contributed by atoms with Crippen molar-refractivity contribution >= 4 is 27.5 Å². The third kappa shape index (κ3) is 5.81. The average Bonchev–Trinajstić information content (AvgIpc) is 2.71. The summed E-state index contributed by atoms with van der Waals surface area (Å²) in [5.74, 6) is -0.0730. The zero-order valence-electron chi connectivity index (χ0n) is 16.8. The Morgan fingerprint density at radius 3 is 2.17 bits per heavy atom. The maximum atomic E-state index is 12.8. The Labute approximate surface area is 178 Å². The van der Waals surface area contributed by atoms with Gasteiger partial charge in [-0.05, 0) is 43.0 Å². The monoisotopic (exact) mass is 434 g/mol. The SMILES string of the molecule is Cc1ccc(CS(=O)(=O)N2CCC(C(=O)N(C)Cc3ccc(Cl)cc3)CC2)cc1. The molecule has 0 unspecified atom stereocenters. The number of piperidine rings is 1. The number of carbonyl (C=O) groups excluding carboxylic acids is 1. The molecular weight excluding hydrogens is 408 g/mol. The molecular formula is C22H27ClN2O3S. The number of aryl methyl sites for hydroxylation is 1. The molecule has 2 aromatic rings. The van der Waals surface area contributed by atoms with Gasteiger partial charge in [0.05, 0.1) is 5.75 Å². The van der Waals surface area contributed by atoms with E-state index in [1.807, 2.05) is 55.5 Å². The third-order valence-electron chi connectivity index (χ3n) is 5.38. The van der Waals surface area contributed by atoms with Crippen LogP contribution in [0, 0.1) is 12.8 Å². The summed E-state index contributed by atoms with van der Waals surface area (Å²) in [6.07, 6.45) is 1.10. The summed E-state index contributed by atoms with van der Waals surface area (Å²) < 4.78 is 27.0. The Bertz CT molecular complexity index is 935. The standard InChI is InChI=1S/C22H27ClN2O3S/c1-17-3-5-19(6-4-17)16-29(27,28)25-13-11-20(12-14-25)22(26)24(2)15-18-7-9-21(23)10-8-18/h3-10,20H,11-16H2,1-2H3. The fourth-order valence-corrected chi connectivity index (χ4v) is 5.31. The summed E-state index contributed by atoms with van der Waals surface area (Å²) in [6, 6.07) is 15.0. The molecule has 0 bridgehead atoms. The summed E-state index contributed by atoms with van der Waals surface area (Å²) in [5, 5.41) is 0.668. The van der Waals surface area contributed by atoms with Gasteiger partial charge in [-0.15, -0.1) is 0 Å². The lowest BCUT2D eigenvalue weighted by atomic mass is 9.96. The molecule has 3 rings (SSSR count). The van der Waals surface area contributed by atoms with E-state index in [4.69, 9.17) is 11.6 Å². The van der Waals surface area contributed by atoms with Crippen LogP contribution in [-0.4, -0.2) is 43.7 Å². The number of benzene rings is 2. The predicted octanol–water partition coefficient (Wildman–Crippen LogP) is 3.85. The first kappa shape index (κ1) is 21.8. The van der Waals surface area contributed by atoms with Gasteiger partial charge >= 0.3 is 0 Å². The summed E-state index contributed by atoms with van der Waals surface area (Å²) >= 11 is 5.91. The second-order valence-electron chi connectivity index (χ2n) is 7.74. The van der Waals surface area contributed by atoms with Gasteiger partial charge < -0.3 is 4.90 Å². The highest BCUT2D eigenvalue weighted by molar-refractivity contribution is 7.88. The highest BCUT2D eigenvalue weighted by atomic mass is 35.5. The van der Waals surface area contributed by atoms with Crippen molar-refractivity contribution in [1.82, 2.24) is 9.21 Å². The van der Waals surface area contributed by atoms with Gasteiger partial charge in [0.2, 0.25) is 15.9 Å².